The average Bonchev–Trinajstić information content (AvgIpc) is 2.22. The maximum atomic E-state index is 13.4. The topological polar surface area (TPSA) is 20.2 Å². The summed E-state index contributed by atoms with van der Waals surface area (Å²) in [4.78, 5) is 0.989. The second kappa shape index (κ2) is 5.69. The first-order valence-corrected chi connectivity index (χ1v) is 6.48. The summed E-state index contributed by atoms with van der Waals surface area (Å²) in [5, 5.41) is 10.1. The summed E-state index contributed by atoms with van der Waals surface area (Å²) < 4.78 is 13.4. The van der Waals surface area contributed by atoms with Gasteiger partial charge in [0.1, 0.15) is 5.82 Å². The Balaban J connectivity index is 3.09. The van der Waals surface area contributed by atoms with Crippen LogP contribution < -0.4 is 0 Å². The predicted molar refractivity (Wildman–Crippen MR) is 67.4 cm³/mol. The lowest BCUT2D eigenvalue weighted by Gasteiger charge is -2.16. The molecule has 0 fully saturated rings. The van der Waals surface area contributed by atoms with Crippen molar-refractivity contribution in [2.24, 2.45) is 0 Å². The number of rotatable bonds is 4. The molecule has 0 saturated carbocycles. The van der Waals surface area contributed by atoms with E-state index in [1.54, 1.807) is 25.6 Å². The third kappa shape index (κ3) is 3.22. The van der Waals surface area contributed by atoms with Gasteiger partial charge in [-0.1, -0.05) is 13.8 Å². The van der Waals surface area contributed by atoms with Crippen molar-refractivity contribution in [2.45, 2.75) is 50.4 Å². The van der Waals surface area contributed by atoms with Crippen molar-refractivity contribution in [3.8, 4) is 0 Å². The number of benzene rings is 1. The van der Waals surface area contributed by atoms with Crippen LogP contribution in [0.2, 0.25) is 0 Å². The van der Waals surface area contributed by atoms with E-state index in [-0.39, 0.29) is 5.82 Å². The zero-order chi connectivity index (χ0) is 12.3. The molecule has 2 atom stereocenters. The number of thioether (sulfide) groups is 1. The van der Waals surface area contributed by atoms with Gasteiger partial charge in [0.15, 0.2) is 0 Å². The van der Waals surface area contributed by atoms with Crippen LogP contribution in [0.25, 0.3) is 0 Å². The summed E-state index contributed by atoms with van der Waals surface area (Å²) in [5.41, 5.74) is 1.32. The zero-order valence-electron chi connectivity index (χ0n) is 10.2. The first-order valence-electron chi connectivity index (χ1n) is 5.60. The molecule has 0 amide bonds. The smallest absolute Gasteiger partial charge is 0.126 e. The van der Waals surface area contributed by atoms with Crippen molar-refractivity contribution in [1.82, 2.24) is 0 Å². The Bertz CT molecular complexity index is 363. The van der Waals surface area contributed by atoms with E-state index in [9.17, 15) is 9.50 Å². The maximum Gasteiger partial charge on any atom is 0.126 e. The van der Waals surface area contributed by atoms with Gasteiger partial charge in [-0.2, -0.15) is 0 Å². The zero-order valence-corrected chi connectivity index (χ0v) is 11.1. The summed E-state index contributed by atoms with van der Waals surface area (Å²) in [5.74, 6) is -0.246. The van der Waals surface area contributed by atoms with Crippen LogP contribution in [0.15, 0.2) is 17.0 Å². The van der Waals surface area contributed by atoms with E-state index in [0.717, 1.165) is 11.3 Å². The van der Waals surface area contributed by atoms with Gasteiger partial charge < -0.3 is 5.11 Å². The Kier molecular flexibility index (Phi) is 4.81. The highest BCUT2D eigenvalue weighted by Crippen LogP contribution is 2.33. The van der Waals surface area contributed by atoms with E-state index < -0.39 is 6.10 Å². The van der Waals surface area contributed by atoms with Crippen molar-refractivity contribution < 1.29 is 9.50 Å². The van der Waals surface area contributed by atoms with Crippen LogP contribution in [0.4, 0.5) is 4.39 Å². The van der Waals surface area contributed by atoms with E-state index in [0.29, 0.717) is 16.4 Å². The van der Waals surface area contributed by atoms with Crippen molar-refractivity contribution in [3.05, 3.63) is 29.1 Å². The highest BCUT2D eigenvalue weighted by Gasteiger charge is 2.14. The van der Waals surface area contributed by atoms with Gasteiger partial charge in [-0.05, 0) is 43.5 Å². The van der Waals surface area contributed by atoms with Crippen LogP contribution in [0, 0.1) is 12.7 Å². The van der Waals surface area contributed by atoms with Gasteiger partial charge in [0, 0.05) is 10.1 Å². The molecule has 1 aromatic carbocycles. The van der Waals surface area contributed by atoms with E-state index >= 15 is 0 Å². The summed E-state index contributed by atoms with van der Waals surface area (Å²) in [6, 6.07) is 3.28. The van der Waals surface area contributed by atoms with Gasteiger partial charge in [-0.15, -0.1) is 11.8 Å². The number of aliphatic hydroxyl groups is 1. The number of aryl methyl sites for hydroxylation is 1. The third-order valence-corrected chi connectivity index (χ3v) is 3.99. The Morgan fingerprint density at radius 2 is 2.00 bits per heavy atom. The lowest BCUT2D eigenvalue weighted by atomic mass is 10.1. The van der Waals surface area contributed by atoms with Gasteiger partial charge in [-0.25, -0.2) is 4.39 Å². The van der Waals surface area contributed by atoms with Gasteiger partial charge >= 0.3 is 0 Å². The molecule has 1 N–H and O–H groups in total. The van der Waals surface area contributed by atoms with Crippen molar-refractivity contribution >= 4 is 11.8 Å². The molecule has 0 aliphatic heterocycles. The number of halogens is 1. The molecule has 90 valence electrons. The van der Waals surface area contributed by atoms with Crippen LogP contribution in [0.5, 0.6) is 0 Å². The highest BCUT2D eigenvalue weighted by atomic mass is 32.2. The Morgan fingerprint density at radius 3 is 2.50 bits per heavy atom. The number of hydrogen-bond donors (Lipinski definition) is 1. The van der Waals surface area contributed by atoms with Crippen LogP contribution in [0.1, 0.15) is 44.4 Å². The van der Waals surface area contributed by atoms with Gasteiger partial charge in [0.25, 0.3) is 0 Å². The Labute approximate surface area is 101 Å². The quantitative estimate of drug-likeness (QED) is 0.803. The normalized spacial score (nSPS) is 14.9. The Hall–Kier alpha value is -0.540. The molecule has 2 unspecified atom stereocenters. The molecule has 1 rings (SSSR count). The fourth-order valence-corrected chi connectivity index (χ4v) is 2.61. The molecule has 3 heteroatoms. The summed E-state index contributed by atoms with van der Waals surface area (Å²) in [6.45, 7) is 7.68. The molecule has 0 aliphatic carbocycles. The monoisotopic (exact) mass is 242 g/mol. The van der Waals surface area contributed by atoms with Crippen LogP contribution in [-0.2, 0) is 0 Å². The largest absolute Gasteiger partial charge is 0.389 e. The molecule has 0 aliphatic rings. The molecular weight excluding hydrogens is 223 g/mol. The molecule has 16 heavy (non-hydrogen) atoms. The molecule has 1 nitrogen and oxygen atoms in total. The summed E-state index contributed by atoms with van der Waals surface area (Å²) in [6.07, 6.45) is 0.432. The molecule has 0 saturated heterocycles. The molecule has 0 aromatic heterocycles. The fraction of sp³-hybridized carbons (Fsp3) is 0.538. The van der Waals surface area contributed by atoms with Crippen LogP contribution >= 0.6 is 11.8 Å². The fourth-order valence-electron chi connectivity index (χ4n) is 1.40. The number of hydrogen-bond acceptors (Lipinski definition) is 2. The van der Waals surface area contributed by atoms with Gasteiger partial charge in [-0.3, -0.25) is 0 Å². The standard InChI is InChI=1S/C13H19FOS/c1-5-9(3)16-13-6-8(2)12(14)7-11(13)10(4)15/h6-7,9-10,15H,5H2,1-4H3. The minimum atomic E-state index is -0.623. The van der Waals surface area contributed by atoms with Crippen LogP contribution in [-0.4, -0.2) is 10.4 Å². The predicted octanol–water partition coefficient (Wildman–Crippen LogP) is 4.08. The Morgan fingerprint density at radius 1 is 1.38 bits per heavy atom. The van der Waals surface area contributed by atoms with Gasteiger partial charge in [0.05, 0.1) is 6.10 Å². The number of aliphatic hydroxyl groups excluding tert-OH is 1. The van der Waals surface area contributed by atoms with Crippen molar-refractivity contribution in [1.29, 1.82) is 0 Å². The highest BCUT2D eigenvalue weighted by molar-refractivity contribution is 8.00. The minimum absolute atomic E-state index is 0.246. The van der Waals surface area contributed by atoms with Crippen molar-refractivity contribution in [2.75, 3.05) is 0 Å². The first kappa shape index (κ1) is 13.5. The lowest BCUT2D eigenvalue weighted by Crippen LogP contribution is -2.00. The first-order chi connectivity index (χ1) is 7.45. The summed E-state index contributed by atoms with van der Waals surface area (Å²) >= 11 is 1.69. The SMILES string of the molecule is CCC(C)Sc1cc(C)c(F)cc1C(C)O. The van der Waals surface area contributed by atoms with E-state index in [1.165, 1.54) is 6.07 Å². The lowest BCUT2D eigenvalue weighted by molar-refractivity contribution is 0.196. The third-order valence-electron chi connectivity index (χ3n) is 2.64. The van der Waals surface area contributed by atoms with E-state index in [2.05, 4.69) is 13.8 Å². The molecule has 0 heterocycles. The molecule has 0 bridgehead atoms. The van der Waals surface area contributed by atoms with E-state index in [4.69, 9.17) is 0 Å². The molecular formula is C13H19FOS. The minimum Gasteiger partial charge on any atom is -0.389 e. The second-order valence-electron chi connectivity index (χ2n) is 4.15. The molecule has 0 spiro atoms. The molecule has 1 aromatic rings. The van der Waals surface area contributed by atoms with Gasteiger partial charge in [0.2, 0.25) is 0 Å². The van der Waals surface area contributed by atoms with Crippen molar-refractivity contribution in [3.63, 3.8) is 0 Å². The maximum absolute atomic E-state index is 13.4. The second-order valence-corrected chi connectivity index (χ2v) is 5.63. The summed E-state index contributed by atoms with van der Waals surface area (Å²) in [7, 11) is 0. The molecule has 0 radical (unpaired) electrons. The van der Waals surface area contributed by atoms with Crippen LogP contribution in [0.3, 0.4) is 0 Å². The average molecular weight is 242 g/mol. The van der Waals surface area contributed by atoms with E-state index in [1.807, 2.05) is 6.07 Å².